The van der Waals surface area contributed by atoms with Gasteiger partial charge in [-0.25, -0.2) is 0 Å². The van der Waals surface area contributed by atoms with Crippen molar-refractivity contribution in [2.75, 3.05) is 14.1 Å². The molecule has 21 heavy (non-hydrogen) atoms. The first-order valence-electron chi connectivity index (χ1n) is 5.82. The first-order chi connectivity index (χ1) is 9.69. The average Bonchev–Trinajstić information content (AvgIpc) is 2.77. The SMILES string of the molecule is CN(C)C(=O)C(=O)c1c[nH]c2ccc(OC(F)(F)F)cc12. The maximum absolute atomic E-state index is 12.2. The molecule has 8 heteroatoms. The van der Waals surface area contributed by atoms with Gasteiger partial charge in [0.15, 0.2) is 0 Å². The van der Waals surface area contributed by atoms with E-state index in [0.29, 0.717) is 5.52 Å². The summed E-state index contributed by atoms with van der Waals surface area (Å²) in [4.78, 5) is 27.5. The lowest BCUT2D eigenvalue weighted by Gasteiger charge is -2.10. The minimum absolute atomic E-state index is 0.00340. The number of ether oxygens (including phenoxy) is 1. The maximum Gasteiger partial charge on any atom is 0.573 e. The molecule has 2 aromatic rings. The topological polar surface area (TPSA) is 62.4 Å². The number of hydrogen-bond acceptors (Lipinski definition) is 3. The molecule has 0 aliphatic carbocycles. The zero-order chi connectivity index (χ0) is 15.8. The molecule has 1 amide bonds. The van der Waals surface area contributed by atoms with Crippen LogP contribution < -0.4 is 4.74 Å². The molecule has 1 N–H and O–H groups in total. The van der Waals surface area contributed by atoms with Crippen molar-refractivity contribution in [3.63, 3.8) is 0 Å². The predicted molar refractivity (Wildman–Crippen MR) is 68.0 cm³/mol. The van der Waals surface area contributed by atoms with Crippen LogP contribution in [0.4, 0.5) is 13.2 Å². The molecule has 1 aromatic heterocycles. The second-order valence-corrected chi connectivity index (χ2v) is 4.49. The van der Waals surface area contributed by atoms with E-state index >= 15 is 0 Å². The molecule has 0 unspecified atom stereocenters. The van der Waals surface area contributed by atoms with Gasteiger partial charge in [-0.3, -0.25) is 9.59 Å². The quantitative estimate of drug-likeness (QED) is 0.699. The second kappa shape index (κ2) is 5.12. The third kappa shape index (κ3) is 3.15. The molecule has 5 nitrogen and oxygen atoms in total. The van der Waals surface area contributed by atoms with Gasteiger partial charge in [-0.15, -0.1) is 13.2 Å². The average molecular weight is 300 g/mol. The number of ketones is 1. The Kier molecular flexibility index (Phi) is 3.63. The van der Waals surface area contributed by atoms with Crippen LogP contribution in [0.1, 0.15) is 10.4 Å². The molecule has 112 valence electrons. The van der Waals surface area contributed by atoms with Gasteiger partial charge in [-0.05, 0) is 18.2 Å². The van der Waals surface area contributed by atoms with E-state index in [2.05, 4.69) is 9.72 Å². The molecule has 0 fully saturated rings. The number of hydrogen-bond donors (Lipinski definition) is 1. The van der Waals surface area contributed by atoms with Crippen molar-refractivity contribution < 1.29 is 27.5 Å². The zero-order valence-corrected chi connectivity index (χ0v) is 11.1. The Balaban J connectivity index is 2.44. The number of alkyl halides is 3. The molecular formula is C13H11F3N2O3. The highest BCUT2D eigenvalue weighted by atomic mass is 19.4. The Morgan fingerprint density at radius 1 is 1.24 bits per heavy atom. The van der Waals surface area contributed by atoms with E-state index in [1.165, 1.54) is 26.4 Å². The zero-order valence-electron chi connectivity index (χ0n) is 11.1. The van der Waals surface area contributed by atoms with Crippen LogP contribution in [-0.2, 0) is 4.79 Å². The lowest BCUT2D eigenvalue weighted by Crippen LogP contribution is -2.29. The van der Waals surface area contributed by atoms with Crippen LogP contribution in [0.2, 0.25) is 0 Å². The third-order valence-corrected chi connectivity index (χ3v) is 2.73. The van der Waals surface area contributed by atoms with Gasteiger partial charge in [-0.2, -0.15) is 0 Å². The Morgan fingerprint density at radius 3 is 2.48 bits per heavy atom. The summed E-state index contributed by atoms with van der Waals surface area (Å²) in [5, 5.41) is 0.192. The van der Waals surface area contributed by atoms with Gasteiger partial charge in [0.25, 0.3) is 11.7 Å². The van der Waals surface area contributed by atoms with Crippen molar-refractivity contribution in [2.24, 2.45) is 0 Å². The number of rotatable bonds is 3. The molecule has 0 saturated heterocycles. The van der Waals surface area contributed by atoms with Crippen LogP contribution in [0.15, 0.2) is 24.4 Å². The van der Waals surface area contributed by atoms with E-state index in [0.717, 1.165) is 17.0 Å². The number of amides is 1. The van der Waals surface area contributed by atoms with E-state index < -0.39 is 23.8 Å². The second-order valence-electron chi connectivity index (χ2n) is 4.49. The first kappa shape index (κ1) is 14.9. The van der Waals surface area contributed by atoms with Gasteiger partial charge in [0.2, 0.25) is 0 Å². The van der Waals surface area contributed by atoms with Gasteiger partial charge in [0.1, 0.15) is 5.75 Å². The van der Waals surface area contributed by atoms with E-state index in [1.807, 2.05) is 0 Å². The number of nitrogens with zero attached hydrogens (tertiary/aromatic N) is 1. The van der Waals surface area contributed by atoms with Crippen LogP contribution in [0.25, 0.3) is 10.9 Å². The van der Waals surface area contributed by atoms with Crippen molar-refractivity contribution in [1.29, 1.82) is 0 Å². The van der Waals surface area contributed by atoms with Crippen LogP contribution in [0.3, 0.4) is 0 Å². The predicted octanol–water partition coefficient (Wildman–Crippen LogP) is 2.34. The number of aromatic nitrogens is 1. The number of Topliss-reactive ketones (excluding diaryl/α,β-unsaturated/α-hetero) is 1. The number of H-pyrrole nitrogens is 1. The summed E-state index contributed by atoms with van der Waals surface area (Å²) < 4.78 is 40.4. The van der Waals surface area contributed by atoms with Crippen molar-refractivity contribution >= 4 is 22.6 Å². The molecule has 0 bridgehead atoms. The van der Waals surface area contributed by atoms with Crippen molar-refractivity contribution in [2.45, 2.75) is 6.36 Å². The lowest BCUT2D eigenvalue weighted by atomic mass is 10.1. The molecule has 0 aliphatic rings. The van der Waals surface area contributed by atoms with Crippen molar-refractivity contribution in [3.8, 4) is 5.75 Å². The number of fused-ring (bicyclic) bond motifs is 1. The van der Waals surface area contributed by atoms with Crippen molar-refractivity contribution in [1.82, 2.24) is 9.88 Å². The summed E-state index contributed by atoms with van der Waals surface area (Å²) in [6.45, 7) is 0. The normalized spacial score (nSPS) is 11.5. The minimum Gasteiger partial charge on any atom is -0.406 e. The van der Waals surface area contributed by atoms with Gasteiger partial charge in [0, 0.05) is 31.2 Å². The van der Waals surface area contributed by atoms with E-state index in [-0.39, 0.29) is 10.9 Å². The van der Waals surface area contributed by atoms with Crippen LogP contribution in [0, 0.1) is 0 Å². The highest BCUT2D eigenvalue weighted by Gasteiger charge is 2.31. The van der Waals surface area contributed by atoms with Gasteiger partial charge < -0.3 is 14.6 Å². The lowest BCUT2D eigenvalue weighted by molar-refractivity contribution is -0.274. The Hall–Kier alpha value is -2.51. The van der Waals surface area contributed by atoms with Crippen LogP contribution >= 0.6 is 0 Å². The summed E-state index contributed by atoms with van der Waals surface area (Å²) in [5.41, 5.74) is 0.427. The molecular weight excluding hydrogens is 289 g/mol. The number of aromatic amines is 1. The summed E-state index contributed by atoms with van der Waals surface area (Å²) in [7, 11) is 2.82. The van der Waals surface area contributed by atoms with Crippen LogP contribution in [0.5, 0.6) is 5.75 Å². The fourth-order valence-corrected chi connectivity index (χ4v) is 1.80. The molecule has 0 atom stereocenters. The molecule has 0 saturated carbocycles. The highest BCUT2D eigenvalue weighted by Crippen LogP contribution is 2.28. The number of halogens is 3. The molecule has 0 spiro atoms. The Labute approximate surface area is 117 Å². The maximum atomic E-state index is 12.2. The standard InChI is InChI=1S/C13H11F3N2O3/c1-18(2)12(20)11(19)9-6-17-10-4-3-7(5-8(9)10)21-13(14,15)16/h3-6,17H,1-2H3. The highest BCUT2D eigenvalue weighted by molar-refractivity contribution is 6.44. The Morgan fingerprint density at radius 2 is 1.90 bits per heavy atom. The molecule has 1 heterocycles. The molecule has 0 radical (unpaired) electrons. The Bertz CT molecular complexity index is 704. The summed E-state index contributed by atoms with van der Waals surface area (Å²) in [6.07, 6.45) is -3.54. The van der Waals surface area contributed by atoms with Gasteiger partial charge >= 0.3 is 6.36 Å². The van der Waals surface area contributed by atoms with E-state index in [4.69, 9.17) is 0 Å². The number of nitrogens with one attached hydrogen (secondary N) is 1. The summed E-state index contributed by atoms with van der Waals surface area (Å²) in [6, 6.07) is 3.52. The van der Waals surface area contributed by atoms with Crippen molar-refractivity contribution in [3.05, 3.63) is 30.0 Å². The molecule has 0 aliphatic heterocycles. The number of carbonyl (C=O) groups excluding carboxylic acids is 2. The van der Waals surface area contributed by atoms with Gasteiger partial charge in [0.05, 0.1) is 5.56 Å². The summed E-state index contributed by atoms with van der Waals surface area (Å²) >= 11 is 0. The first-order valence-corrected chi connectivity index (χ1v) is 5.82. The fraction of sp³-hybridized carbons (Fsp3) is 0.231. The monoisotopic (exact) mass is 300 g/mol. The third-order valence-electron chi connectivity index (χ3n) is 2.73. The largest absolute Gasteiger partial charge is 0.573 e. The van der Waals surface area contributed by atoms with Crippen LogP contribution in [-0.4, -0.2) is 42.0 Å². The molecule has 1 aromatic carbocycles. The van der Waals surface area contributed by atoms with E-state index in [9.17, 15) is 22.8 Å². The van der Waals surface area contributed by atoms with E-state index in [1.54, 1.807) is 0 Å². The smallest absolute Gasteiger partial charge is 0.406 e. The fourth-order valence-electron chi connectivity index (χ4n) is 1.80. The molecule has 2 rings (SSSR count). The number of carbonyl (C=O) groups is 2. The number of benzene rings is 1. The summed E-state index contributed by atoms with van der Waals surface area (Å²) in [5.74, 6) is -2.03. The minimum atomic E-state index is -4.83. The van der Waals surface area contributed by atoms with Gasteiger partial charge in [-0.1, -0.05) is 0 Å². The number of likely N-dealkylation sites (N-methyl/N-ethyl adjacent to an activating group) is 1.